The highest BCUT2D eigenvalue weighted by Crippen LogP contribution is 2.25. The van der Waals surface area contributed by atoms with E-state index >= 15 is 0 Å². The Labute approximate surface area is 121 Å². The summed E-state index contributed by atoms with van der Waals surface area (Å²) in [5, 5.41) is 5.48. The Morgan fingerprint density at radius 1 is 1.35 bits per heavy atom. The summed E-state index contributed by atoms with van der Waals surface area (Å²) in [5.74, 6) is -0.459. The minimum absolute atomic E-state index is 0.0281. The minimum atomic E-state index is -0.578. The standard InChI is InChI=1S/C14H13ClFN3O/c1-8-6-9(7-12(17-2)18-8)14(20)19-13-10(15)4-3-5-11(13)16/h3-7H,1-2H3,(H,17,18)(H,19,20). The van der Waals surface area contributed by atoms with Gasteiger partial charge in [-0.3, -0.25) is 4.79 Å². The van der Waals surface area contributed by atoms with Gasteiger partial charge in [-0.15, -0.1) is 0 Å². The smallest absolute Gasteiger partial charge is 0.255 e. The molecule has 4 nitrogen and oxygen atoms in total. The lowest BCUT2D eigenvalue weighted by atomic mass is 10.2. The van der Waals surface area contributed by atoms with Crippen molar-refractivity contribution >= 4 is 29.0 Å². The van der Waals surface area contributed by atoms with E-state index in [1.165, 1.54) is 18.2 Å². The zero-order chi connectivity index (χ0) is 14.7. The fraction of sp³-hybridized carbons (Fsp3) is 0.143. The Hall–Kier alpha value is -2.14. The Bertz CT molecular complexity index is 641. The summed E-state index contributed by atoms with van der Waals surface area (Å²) >= 11 is 5.87. The van der Waals surface area contributed by atoms with Gasteiger partial charge in [0.2, 0.25) is 0 Å². The molecule has 1 aromatic carbocycles. The lowest BCUT2D eigenvalue weighted by Crippen LogP contribution is -2.14. The van der Waals surface area contributed by atoms with Crippen LogP contribution in [0, 0.1) is 12.7 Å². The average molecular weight is 294 g/mol. The Kier molecular flexibility index (Phi) is 4.20. The van der Waals surface area contributed by atoms with Crippen LogP contribution in [0.3, 0.4) is 0 Å². The summed E-state index contributed by atoms with van der Waals surface area (Å²) in [6, 6.07) is 7.42. The molecule has 0 aliphatic rings. The molecule has 20 heavy (non-hydrogen) atoms. The third kappa shape index (κ3) is 3.05. The van der Waals surface area contributed by atoms with Gasteiger partial charge in [0.15, 0.2) is 0 Å². The molecule has 0 fully saturated rings. The molecular formula is C14H13ClFN3O. The van der Waals surface area contributed by atoms with E-state index in [0.29, 0.717) is 17.1 Å². The second-order valence-electron chi connectivity index (χ2n) is 4.18. The summed E-state index contributed by atoms with van der Waals surface area (Å²) in [5.41, 5.74) is 1.03. The highest BCUT2D eigenvalue weighted by Gasteiger charge is 2.13. The Morgan fingerprint density at radius 2 is 2.10 bits per heavy atom. The molecule has 1 aromatic heterocycles. The molecule has 1 heterocycles. The second-order valence-corrected chi connectivity index (χ2v) is 4.59. The normalized spacial score (nSPS) is 10.2. The first-order chi connectivity index (χ1) is 9.51. The van der Waals surface area contributed by atoms with Gasteiger partial charge in [-0.2, -0.15) is 0 Å². The molecule has 0 saturated heterocycles. The van der Waals surface area contributed by atoms with Gasteiger partial charge >= 0.3 is 0 Å². The molecule has 1 amide bonds. The van der Waals surface area contributed by atoms with E-state index in [9.17, 15) is 9.18 Å². The van der Waals surface area contributed by atoms with Gasteiger partial charge in [0.25, 0.3) is 5.91 Å². The number of aromatic nitrogens is 1. The molecule has 0 spiro atoms. The number of halogens is 2. The van der Waals surface area contributed by atoms with Gasteiger partial charge in [0.1, 0.15) is 11.6 Å². The molecule has 0 saturated carbocycles. The van der Waals surface area contributed by atoms with Crippen LogP contribution >= 0.6 is 11.6 Å². The van der Waals surface area contributed by atoms with Crippen molar-refractivity contribution in [1.82, 2.24) is 4.98 Å². The molecule has 2 aromatic rings. The van der Waals surface area contributed by atoms with Crippen molar-refractivity contribution in [3.8, 4) is 0 Å². The maximum atomic E-state index is 13.6. The lowest BCUT2D eigenvalue weighted by molar-refractivity contribution is 0.102. The number of anilines is 2. The molecule has 0 bridgehead atoms. The minimum Gasteiger partial charge on any atom is -0.373 e. The van der Waals surface area contributed by atoms with Crippen LogP contribution in [-0.2, 0) is 0 Å². The van der Waals surface area contributed by atoms with E-state index in [1.807, 2.05) is 0 Å². The molecule has 2 N–H and O–H groups in total. The third-order valence-corrected chi connectivity index (χ3v) is 2.99. The first-order valence-electron chi connectivity index (χ1n) is 5.93. The molecular weight excluding hydrogens is 281 g/mol. The van der Waals surface area contributed by atoms with Crippen LogP contribution < -0.4 is 10.6 Å². The number of hydrogen-bond donors (Lipinski definition) is 2. The molecule has 0 radical (unpaired) electrons. The van der Waals surface area contributed by atoms with E-state index in [2.05, 4.69) is 15.6 Å². The highest BCUT2D eigenvalue weighted by atomic mass is 35.5. The van der Waals surface area contributed by atoms with Gasteiger partial charge < -0.3 is 10.6 Å². The number of benzene rings is 1. The average Bonchev–Trinajstić information content (AvgIpc) is 2.42. The van der Waals surface area contributed by atoms with Gasteiger partial charge in [-0.05, 0) is 31.2 Å². The van der Waals surface area contributed by atoms with Crippen LogP contribution in [0.15, 0.2) is 30.3 Å². The van der Waals surface area contributed by atoms with E-state index in [4.69, 9.17) is 11.6 Å². The molecule has 2 rings (SSSR count). The SMILES string of the molecule is CNc1cc(C(=O)Nc2c(F)cccc2Cl)cc(C)n1. The van der Waals surface area contributed by atoms with Crippen LogP contribution in [0.5, 0.6) is 0 Å². The number of rotatable bonds is 3. The van der Waals surface area contributed by atoms with Crippen LogP contribution in [0.2, 0.25) is 5.02 Å². The van der Waals surface area contributed by atoms with Crippen LogP contribution in [0.1, 0.15) is 16.1 Å². The number of pyridine rings is 1. The molecule has 0 atom stereocenters. The topological polar surface area (TPSA) is 54.0 Å². The van der Waals surface area contributed by atoms with Crippen molar-refractivity contribution < 1.29 is 9.18 Å². The van der Waals surface area contributed by atoms with Crippen molar-refractivity contribution in [2.24, 2.45) is 0 Å². The van der Waals surface area contributed by atoms with Crippen LogP contribution in [0.25, 0.3) is 0 Å². The van der Waals surface area contributed by atoms with Gasteiger partial charge in [0, 0.05) is 18.3 Å². The van der Waals surface area contributed by atoms with Crippen molar-refractivity contribution in [1.29, 1.82) is 0 Å². The summed E-state index contributed by atoms with van der Waals surface area (Å²) in [6.45, 7) is 1.77. The predicted molar refractivity (Wildman–Crippen MR) is 77.9 cm³/mol. The predicted octanol–water partition coefficient (Wildman–Crippen LogP) is 3.48. The van der Waals surface area contributed by atoms with Crippen molar-refractivity contribution in [2.75, 3.05) is 17.7 Å². The molecule has 0 aliphatic heterocycles. The van der Waals surface area contributed by atoms with E-state index < -0.39 is 11.7 Å². The fourth-order valence-corrected chi connectivity index (χ4v) is 1.94. The largest absolute Gasteiger partial charge is 0.373 e. The number of para-hydroxylation sites is 1. The van der Waals surface area contributed by atoms with Crippen molar-refractivity contribution in [2.45, 2.75) is 6.92 Å². The number of hydrogen-bond acceptors (Lipinski definition) is 3. The first kappa shape index (κ1) is 14.3. The number of nitrogens with one attached hydrogen (secondary N) is 2. The lowest BCUT2D eigenvalue weighted by Gasteiger charge is -2.10. The fourth-order valence-electron chi connectivity index (χ4n) is 1.73. The first-order valence-corrected chi connectivity index (χ1v) is 6.31. The summed E-state index contributed by atoms with van der Waals surface area (Å²) < 4.78 is 13.6. The van der Waals surface area contributed by atoms with Gasteiger partial charge in [-0.25, -0.2) is 9.37 Å². The zero-order valence-corrected chi connectivity index (χ0v) is 11.8. The highest BCUT2D eigenvalue weighted by molar-refractivity contribution is 6.34. The quantitative estimate of drug-likeness (QED) is 0.911. The second kappa shape index (κ2) is 5.88. The summed E-state index contributed by atoms with van der Waals surface area (Å²) in [6.07, 6.45) is 0. The van der Waals surface area contributed by atoms with Crippen LogP contribution in [0.4, 0.5) is 15.9 Å². The van der Waals surface area contributed by atoms with Crippen LogP contribution in [-0.4, -0.2) is 17.9 Å². The van der Waals surface area contributed by atoms with E-state index in [-0.39, 0.29) is 10.7 Å². The summed E-state index contributed by atoms with van der Waals surface area (Å²) in [4.78, 5) is 16.3. The molecule has 6 heteroatoms. The Morgan fingerprint density at radius 3 is 2.75 bits per heavy atom. The number of aryl methyl sites for hydroxylation is 1. The number of carbonyl (C=O) groups excluding carboxylic acids is 1. The maximum Gasteiger partial charge on any atom is 0.255 e. The maximum absolute atomic E-state index is 13.6. The third-order valence-electron chi connectivity index (χ3n) is 2.67. The number of nitrogens with zero attached hydrogens (tertiary/aromatic N) is 1. The van der Waals surface area contributed by atoms with Gasteiger partial charge in [-0.1, -0.05) is 17.7 Å². The van der Waals surface area contributed by atoms with Crippen molar-refractivity contribution in [3.63, 3.8) is 0 Å². The number of amides is 1. The van der Waals surface area contributed by atoms with E-state index in [1.54, 1.807) is 26.1 Å². The van der Waals surface area contributed by atoms with E-state index in [0.717, 1.165) is 0 Å². The van der Waals surface area contributed by atoms with Crippen molar-refractivity contribution in [3.05, 3.63) is 52.4 Å². The molecule has 0 aliphatic carbocycles. The monoisotopic (exact) mass is 293 g/mol. The number of carbonyl (C=O) groups is 1. The molecule has 104 valence electrons. The van der Waals surface area contributed by atoms with Gasteiger partial charge in [0.05, 0.1) is 10.7 Å². The summed E-state index contributed by atoms with van der Waals surface area (Å²) in [7, 11) is 1.71. The molecule has 0 unspecified atom stereocenters. The Balaban J connectivity index is 2.31. The zero-order valence-electron chi connectivity index (χ0n) is 11.0.